The molecular formula is C31H32ClN5O5. The van der Waals surface area contributed by atoms with E-state index in [1.54, 1.807) is 19.2 Å². The molecule has 0 saturated carbocycles. The smallest absolute Gasteiger partial charge is 0.330 e. The summed E-state index contributed by atoms with van der Waals surface area (Å²) in [6, 6.07) is 15.0. The van der Waals surface area contributed by atoms with Gasteiger partial charge in [0.05, 0.1) is 23.9 Å². The number of halogens is 1. The van der Waals surface area contributed by atoms with Gasteiger partial charge in [-0.2, -0.15) is 0 Å². The molecule has 1 unspecified atom stereocenters. The molecule has 10 nitrogen and oxygen atoms in total. The minimum atomic E-state index is -0.674. The average Bonchev–Trinajstić information content (AvgIpc) is 3.39. The number of pyridine rings is 1. The van der Waals surface area contributed by atoms with Crippen LogP contribution < -0.4 is 21.3 Å². The minimum Gasteiger partial charge on any atom is -0.481 e. The van der Waals surface area contributed by atoms with E-state index >= 15 is 0 Å². The molecule has 42 heavy (non-hydrogen) atoms. The maximum absolute atomic E-state index is 13.1. The van der Waals surface area contributed by atoms with Gasteiger partial charge < -0.3 is 19.7 Å². The molecule has 0 spiro atoms. The molecule has 218 valence electrons. The molecule has 0 radical (unpaired) electrons. The third-order valence-corrected chi connectivity index (χ3v) is 8.02. The number of likely N-dealkylation sites (tertiary alicyclic amines) is 1. The summed E-state index contributed by atoms with van der Waals surface area (Å²) in [4.78, 5) is 44.6. The molecule has 1 fully saturated rings. The molecular weight excluding hydrogens is 558 g/mol. The van der Waals surface area contributed by atoms with Gasteiger partial charge in [-0.1, -0.05) is 48.0 Å². The van der Waals surface area contributed by atoms with Gasteiger partial charge in [0.1, 0.15) is 5.56 Å². The highest BCUT2D eigenvalue weighted by molar-refractivity contribution is 6.36. The number of aryl methyl sites for hydroxylation is 1. The number of β-amino-alcohol motifs (C(OH)–C–C–N with tert-alkyl or cyclic N) is 1. The predicted octanol–water partition coefficient (Wildman–Crippen LogP) is 3.60. The fourth-order valence-electron chi connectivity index (χ4n) is 5.27. The topological polar surface area (TPSA) is 119 Å². The summed E-state index contributed by atoms with van der Waals surface area (Å²) in [5.74, 6) is -0.119. The zero-order valence-corrected chi connectivity index (χ0v) is 24.6. The van der Waals surface area contributed by atoms with Crippen LogP contribution in [0.4, 0.5) is 5.69 Å². The molecule has 1 atom stereocenters. The summed E-state index contributed by atoms with van der Waals surface area (Å²) in [6.07, 6.45) is 1.69. The van der Waals surface area contributed by atoms with Crippen molar-refractivity contribution in [2.24, 2.45) is 14.1 Å². The maximum atomic E-state index is 13.1. The van der Waals surface area contributed by atoms with E-state index in [0.29, 0.717) is 35.4 Å². The number of ether oxygens (including phenoxy) is 1. The van der Waals surface area contributed by atoms with Crippen LogP contribution in [-0.2, 0) is 20.6 Å². The monoisotopic (exact) mass is 589 g/mol. The van der Waals surface area contributed by atoms with Crippen molar-refractivity contribution in [2.75, 3.05) is 25.5 Å². The normalized spacial score (nSPS) is 15.1. The molecule has 2 aromatic carbocycles. The maximum Gasteiger partial charge on any atom is 0.330 e. The number of aliphatic hydroxyl groups excluding tert-OH is 1. The highest BCUT2D eigenvalue weighted by Gasteiger charge is 2.23. The summed E-state index contributed by atoms with van der Waals surface area (Å²) in [5.41, 5.74) is 3.76. The first-order chi connectivity index (χ1) is 20.1. The van der Waals surface area contributed by atoms with Gasteiger partial charge in [0, 0.05) is 62.3 Å². The fraction of sp³-hybridized carbons (Fsp3) is 0.290. The SMILES string of the molecule is COc1nc(-c2cccc(-c3cccc(NC(=O)c4cn(C)c(=O)n(C)c4=O)c3C)c2Cl)ccc1CN1CCC(O)C1. The van der Waals surface area contributed by atoms with Crippen LogP contribution in [0.25, 0.3) is 22.4 Å². The summed E-state index contributed by atoms with van der Waals surface area (Å²) in [7, 11) is 4.40. The van der Waals surface area contributed by atoms with Gasteiger partial charge in [-0.15, -0.1) is 0 Å². The van der Waals surface area contributed by atoms with Gasteiger partial charge in [-0.25, -0.2) is 9.78 Å². The summed E-state index contributed by atoms with van der Waals surface area (Å²) >= 11 is 6.98. The number of nitrogens with one attached hydrogen (secondary N) is 1. The van der Waals surface area contributed by atoms with E-state index in [1.807, 2.05) is 43.3 Å². The second-order valence-electron chi connectivity index (χ2n) is 10.4. The molecule has 1 amide bonds. The van der Waals surface area contributed by atoms with E-state index in [-0.39, 0.29) is 11.7 Å². The number of carbonyl (C=O) groups is 1. The molecule has 2 N–H and O–H groups in total. The number of hydrogen-bond donors (Lipinski definition) is 2. The van der Waals surface area contributed by atoms with Gasteiger partial charge in [-0.3, -0.25) is 19.1 Å². The Kier molecular flexibility index (Phi) is 8.31. The first-order valence-electron chi connectivity index (χ1n) is 13.5. The van der Waals surface area contributed by atoms with Crippen molar-refractivity contribution in [2.45, 2.75) is 26.0 Å². The van der Waals surface area contributed by atoms with Crippen molar-refractivity contribution in [3.63, 3.8) is 0 Å². The van der Waals surface area contributed by atoms with Crippen molar-refractivity contribution in [1.29, 1.82) is 0 Å². The molecule has 1 aliphatic rings. The number of benzene rings is 2. The van der Waals surface area contributed by atoms with E-state index in [9.17, 15) is 19.5 Å². The van der Waals surface area contributed by atoms with E-state index in [4.69, 9.17) is 21.3 Å². The Hall–Kier alpha value is -4.25. The van der Waals surface area contributed by atoms with E-state index < -0.39 is 17.2 Å². The number of aromatic nitrogens is 3. The lowest BCUT2D eigenvalue weighted by Gasteiger charge is -2.18. The second-order valence-corrected chi connectivity index (χ2v) is 10.8. The lowest BCUT2D eigenvalue weighted by atomic mass is 9.96. The molecule has 11 heteroatoms. The van der Waals surface area contributed by atoms with Crippen molar-refractivity contribution >= 4 is 23.2 Å². The number of anilines is 1. The number of hydrogen-bond acceptors (Lipinski definition) is 7. The first kappa shape index (κ1) is 29.2. The number of methoxy groups -OCH3 is 1. The molecule has 1 saturated heterocycles. The van der Waals surface area contributed by atoms with Crippen LogP contribution in [0, 0.1) is 6.92 Å². The van der Waals surface area contributed by atoms with Crippen LogP contribution in [0.2, 0.25) is 5.02 Å². The average molecular weight is 590 g/mol. The fourth-order valence-corrected chi connectivity index (χ4v) is 5.59. The number of nitrogens with zero attached hydrogens (tertiary/aromatic N) is 4. The third kappa shape index (κ3) is 5.61. The Labute approximate surface area is 247 Å². The lowest BCUT2D eigenvalue weighted by molar-refractivity contribution is 0.102. The van der Waals surface area contributed by atoms with Crippen LogP contribution in [-0.4, -0.2) is 56.3 Å². The Morgan fingerprint density at radius 2 is 1.81 bits per heavy atom. The van der Waals surface area contributed by atoms with Gasteiger partial charge in [0.2, 0.25) is 5.88 Å². The standard InChI is InChI=1S/C31H32ClN5O5/c1-18-21(7-6-10-25(18)33-28(39)24-17-35(2)31(41)36(3)30(24)40)22-8-5-9-23(27(22)32)26-12-11-19(29(34-26)42-4)15-37-14-13-20(38)16-37/h5-12,17,20,38H,13-16H2,1-4H3,(H,33,39). The minimum absolute atomic E-state index is 0.145. The first-order valence-corrected chi connectivity index (χ1v) is 13.9. The van der Waals surface area contributed by atoms with Crippen LogP contribution in [0.3, 0.4) is 0 Å². The zero-order valence-electron chi connectivity index (χ0n) is 23.8. The molecule has 3 heterocycles. The van der Waals surface area contributed by atoms with Crippen LogP contribution in [0.15, 0.2) is 64.3 Å². The molecule has 2 aromatic heterocycles. The number of rotatable bonds is 7. The summed E-state index contributed by atoms with van der Waals surface area (Å²) in [6.45, 7) is 3.93. The van der Waals surface area contributed by atoms with Crippen LogP contribution in [0.5, 0.6) is 5.88 Å². The largest absolute Gasteiger partial charge is 0.481 e. The van der Waals surface area contributed by atoms with Gasteiger partial charge in [0.25, 0.3) is 11.5 Å². The second kappa shape index (κ2) is 11.9. The number of carbonyl (C=O) groups excluding carboxylic acids is 1. The zero-order chi connectivity index (χ0) is 30.1. The molecule has 5 rings (SSSR count). The molecule has 0 aliphatic carbocycles. The van der Waals surface area contributed by atoms with Crippen molar-refractivity contribution in [3.8, 4) is 28.3 Å². The molecule has 4 aromatic rings. The Morgan fingerprint density at radius 1 is 1.10 bits per heavy atom. The quantitative estimate of drug-likeness (QED) is 0.338. The van der Waals surface area contributed by atoms with Gasteiger partial charge >= 0.3 is 5.69 Å². The van der Waals surface area contributed by atoms with E-state index in [0.717, 1.165) is 45.3 Å². The predicted molar refractivity (Wildman–Crippen MR) is 162 cm³/mol. The highest BCUT2D eigenvalue weighted by Crippen LogP contribution is 2.39. The Morgan fingerprint density at radius 3 is 2.52 bits per heavy atom. The Bertz CT molecular complexity index is 1800. The highest BCUT2D eigenvalue weighted by atomic mass is 35.5. The molecule has 0 bridgehead atoms. The number of aliphatic hydroxyl groups is 1. The molecule has 1 aliphatic heterocycles. The number of amides is 1. The van der Waals surface area contributed by atoms with Gasteiger partial charge in [0.15, 0.2) is 0 Å². The van der Waals surface area contributed by atoms with Crippen LogP contribution >= 0.6 is 11.6 Å². The van der Waals surface area contributed by atoms with E-state index in [1.165, 1.54) is 24.9 Å². The van der Waals surface area contributed by atoms with Crippen molar-refractivity contribution in [3.05, 3.63) is 97.3 Å². The van der Waals surface area contributed by atoms with Crippen molar-refractivity contribution in [1.82, 2.24) is 19.0 Å². The summed E-state index contributed by atoms with van der Waals surface area (Å²) in [5, 5.41) is 13.2. The van der Waals surface area contributed by atoms with Crippen molar-refractivity contribution < 1.29 is 14.6 Å². The third-order valence-electron chi connectivity index (χ3n) is 7.61. The van der Waals surface area contributed by atoms with Gasteiger partial charge in [-0.05, 0) is 36.6 Å². The Balaban J connectivity index is 1.46. The van der Waals surface area contributed by atoms with E-state index in [2.05, 4.69) is 10.2 Å². The van der Waals surface area contributed by atoms with Crippen LogP contribution in [0.1, 0.15) is 27.9 Å². The lowest BCUT2D eigenvalue weighted by Crippen LogP contribution is -2.40. The summed E-state index contributed by atoms with van der Waals surface area (Å²) < 4.78 is 7.70.